The number of amides is 3. The summed E-state index contributed by atoms with van der Waals surface area (Å²) in [6, 6.07) is 28.5. The number of nitrogens with one attached hydrogen (secondary N) is 2. The van der Waals surface area contributed by atoms with Crippen LogP contribution in [0.5, 0.6) is 11.5 Å². The number of urea groups is 1. The van der Waals surface area contributed by atoms with Crippen LogP contribution in [0.1, 0.15) is 15.9 Å². The van der Waals surface area contributed by atoms with Gasteiger partial charge >= 0.3 is 6.03 Å². The van der Waals surface area contributed by atoms with E-state index in [0.29, 0.717) is 38.5 Å². The van der Waals surface area contributed by atoms with E-state index in [9.17, 15) is 9.59 Å². The van der Waals surface area contributed by atoms with Gasteiger partial charge in [0.15, 0.2) is 0 Å². The number of ether oxygens (including phenoxy) is 1. The molecule has 4 aromatic rings. The molecule has 0 aliphatic rings. The van der Waals surface area contributed by atoms with Crippen LogP contribution >= 0.6 is 23.2 Å². The third-order valence-electron chi connectivity index (χ3n) is 5.48. The van der Waals surface area contributed by atoms with Gasteiger partial charge < -0.3 is 15.4 Å². The van der Waals surface area contributed by atoms with Gasteiger partial charge in [-0.1, -0.05) is 59.1 Å². The van der Waals surface area contributed by atoms with Crippen molar-refractivity contribution in [2.24, 2.45) is 0 Å². The normalized spacial score (nSPS) is 10.5. The number of para-hydroxylation sites is 1. The fourth-order valence-electron chi connectivity index (χ4n) is 3.52. The molecule has 8 heteroatoms. The van der Waals surface area contributed by atoms with E-state index in [4.69, 9.17) is 27.9 Å². The van der Waals surface area contributed by atoms with Crippen molar-refractivity contribution >= 4 is 46.5 Å². The number of benzene rings is 4. The van der Waals surface area contributed by atoms with E-state index >= 15 is 0 Å². The quantitative estimate of drug-likeness (QED) is 0.245. The van der Waals surface area contributed by atoms with Crippen LogP contribution in [0.3, 0.4) is 0 Å². The van der Waals surface area contributed by atoms with Crippen molar-refractivity contribution in [1.82, 2.24) is 5.32 Å². The van der Waals surface area contributed by atoms with Gasteiger partial charge in [-0.3, -0.25) is 9.69 Å². The van der Waals surface area contributed by atoms with Gasteiger partial charge in [0.2, 0.25) is 0 Å². The van der Waals surface area contributed by atoms with Crippen LogP contribution in [0.15, 0.2) is 97.1 Å². The van der Waals surface area contributed by atoms with Gasteiger partial charge in [-0.2, -0.15) is 0 Å². The van der Waals surface area contributed by atoms with Gasteiger partial charge in [0.05, 0.1) is 10.0 Å². The van der Waals surface area contributed by atoms with Crippen LogP contribution in [-0.2, 0) is 0 Å². The molecule has 4 aromatic carbocycles. The predicted octanol–water partition coefficient (Wildman–Crippen LogP) is 7.56. The van der Waals surface area contributed by atoms with Crippen LogP contribution in [-0.4, -0.2) is 25.0 Å². The lowest BCUT2D eigenvalue weighted by Crippen LogP contribution is -2.41. The second kappa shape index (κ2) is 12.3. The molecule has 3 amide bonds. The first-order valence-corrected chi connectivity index (χ1v) is 12.4. The fourth-order valence-corrected chi connectivity index (χ4v) is 3.81. The summed E-state index contributed by atoms with van der Waals surface area (Å²) >= 11 is 12.0. The summed E-state index contributed by atoms with van der Waals surface area (Å²) in [5.74, 6) is 1.04. The topological polar surface area (TPSA) is 70.7 Å². The molecule has 0 spiro atoms. The summed E-state index contributed by atoms with van der Waals surface area (Å²) in [5.41, 5.74) is 2.79. The lowest BCUT2D eigenvalue weighted by atomic mass is 10.2. The molecule has 0 aliphatic carbocycles. The minimum atomic E-state index is -0.329. The molecular weight excluding hydrogens is 509 g/mol. The van der Waals surface area contributed by atoms with E-state index in [1.54, 1.807) is 41.3 Å². The van der Waals surface area contributed by atoms with Crippen LogP contribution in [0, 0.1) is 6.92 Å². The Morgan fingerprint density at radius 3 is 2.16 bits per heavy atom. The largest absolute Gasteiger partial charge is 0.457 e. The molecule has 2 N–H and O–H groups in total. The van der Waals surface area contributed by atoms with Crippen LogP contribution in [0.2, 0.25) is 10.0 Å². The number of rotatable bonds is 8. The average Bonchev–Trinajstić information content (AvgIpc) is 2.90. The molecule has 0 radical (unpaired) electrons. The van der Waals surface area contributed by atoms with Gasteiger partial charge in [0, 0.05) is 30.0 Å². The highest BCUT2D eigenvalue weighted by Crippen LogP contribution is 2.25. The first kappa shape index (κ1) is 26.1. The van der Waals surface area contributed by atoms with Gasteiger partial charge in [-0.25, -0.2) is 4.79 Å². The lowest BCUT2D eigenvalue weighted by molar-refractivity contribution is 0.0954. The van der Waals surface area contributed by atoms with Crippen molar-refractivity contribution in [2.45, 2.75) is 6.92 Å². The summed E-state index contributed by atoms with van der Waals surface area (Å²) in [6.45, 7) is 2.42. The molecule has 4 rings (SSSR count). The first-order valence-electron chi connectivity index (χ1n) is 11.6. The van der Waals surface area contributed by atoms with Crippen LogP contribution < -0.4 is 20.3 Å². The minimum Gasteiger partial charge on any atom is -0.457 e. The lowest BCUT2D eigenvalue weighted by Gasteiger charge is -2.24. The smallest absolute Gasteiger partial charge is 0.326 e. The Hall–Kier alpha value is -4.00. The number of hydrogen-bond acceptors (Lipinski definition) is 3. The Morgan fingerprint density at radius 2 is 1.49 bits per heavy atom. The predicted molar refractivity (Wildman–Crippen MR) is 149 cm³/mol. The third kappa shape index (κ3) is 7.26. The highest BCUT2D eigenvalue weighted by Gasteiger charge is 2.17. The van der Waals surface area contributed by atoms with E-state index in [1.807, 2.05) is 61.5 Å². The molecule has 0 aromatic heterocycles. The molecule has 37 heavy (non-hydrogen) atoms. The minimum absolute atomic E-state index is 0.211. The average molecular weight is 534 g/mol. The molecule has 0 saturated heterocycles. The van der Waals surface area contributed by atoms with Crippen molar-refractivity contribution in [3.05, 3.63) is 118 Å². The standard InChI is InChI=1S/C29H25Cl2N3O3/c1-20-7-10-22(11-8-20)33-29(36)34(18-17-32-28(35)21-9-16-26(30)27(31)19-21)23-12-14-25(15-13-23)37-24-5-3-2-4-6-24/h2-16,19H,17-18H2,1H3,(H,32,35)(H,33,36). The highest BCUT2D eigenvalue weighted by atomic mass is 35.5. The number of hydrogen-bond donors (Lipinski definition) is 2. The SMILES string of the molecule is Cc1ccc(NC(=O)N(CCNC(=O)c2ccc(Cl)c(Cl)c2)c2ccc(Oc3ccccc3)cc2)cc1. The van der Waals surface area contributed by atoms with Crippen LogP contribution in [0.4, 0.5) is 16.2 Å². The zero-order chi connectivity index (χ0) is 26.2. The summed E-state index contributed by atoms with van der Waals surface area (Å²) < 4.78 is 5.86. The Morgan fingerprint density at radius 1 is 0.811 bits per heavy atom. The second-order valence-corrected chi connectivity index (χ2v) is 9.06. The molecule has 0 fully saturated rings. The number of carbonyl (C=O) groups excluding carboxylic acids is 2. The molecule has 188 valence electrons. The number of aryl methyl sites for hydroxylation is 1. The van der Waals surface area contributed by atoms with Gasteiger partial charge in [-0.05, 0) is 73.7 Å². The van der Waals surface area contributed by atoms with Gasteiger partial charge in [-0.15, -0.1) is 0 Å². The Bertz CT molecular complexity index is 1360. The molecule has 0 atom stereocenters. The van der Waals surface area contributed by atoms with Crippen molar-refractivity contribution in [3.8, 4) is 11.5 Å². The summed E-state index contributed by atoms with van der Waals surface area (Å²) in [4.78, 5) is 27.4. The van der Waals surface area contributed by atoms with E-state index in [1.165, 1.54) is 6.07 Å². The monoisotopic (exact) mass is 533 g/mol. The van der Waals surface area contributed by atoms with Crippen molar-refractivity contribution in [3.63, 3.8) is 0 Å². The van der Waals surface area contributed by atoms with E-state index in [2.05, 4.69) is 10.6 Å². The molecular formula is C29H25Cl2N3O3. The van der Waals surface area contributed by atoms with Crippen molar-refractivity contribution < 1.29 is 14.3 Å². The molecule has 0 bridgehead atoms. The molecule has 0 aliphatic heterocycles. The number of nitrogens with zero attached hydrogens (tertiary/aromatic N) is 1. The van der Waals surface area contributed by atoms with E-state index < -0.39 is 0 Å². The number of halogens is 2. The highest BCUT2D eigenvalue weighted by molar-refractivity contribution is 6.42. The van der Waals surface area contributed by atoms with E-state index in [-0.39, 0.29) is 25.0 Å². The molecule has 0 saturated carbocycles. The van der Waals surface area contributed by atoms with Crippen molar-refractivity contribution in [2.75, 3.05) is 23.3 Å². The second-order valence-electron chi connectivity index (χ2n) is 8.24. The Labute approximate surface area is 225 Å². The Balaban J connectivity index is 1.47. The van der Waals surface area contributed by atoms with Gasteiger partial charge in [0.1, 0.15) is 11.5 Å². The summed E-state index contributed by atoms with van der Waals surface area (Å²) in [7, 11) is 0. The zero-order valence-corrected chi connectivity index (χ0v) is 21.6. The summed E-state index contributed by atoms with van der Waals surface area (Å²) in [5, 5.41) is 6.42. The van der Waals surface area contributed by atoms with E-state index in [0.717, 1.165) is 5.56 Å². The zero-order valence-electron chi connectivity index (χ0n) is 20.1. The maximum absolute atomic E-state index is 13.2. The van der Waals surface area contributed by atoms with Crippen LogP contribution in [0.25, 0.3) is 0 Å². The maximum Gasteiger partial charge on any atom is 0.326 e. The molecule has 0 heterocycles. The molecule has 6 nitrogen and oxygen atoms in total. The van der Waals surface area contributed by atoms with Gasteiger partial charge in [0.25, 0.3) is 5.91 Å². The Kier molecular flexibility index (Phi) is 8.67. The summed E-state index contributed by atoms with van der Waals surface area (Å²) in [6.07, 6.45) is 0. The third-order valence-corrected chi connectivity index (χ3v) is 6.22. The maximum atomic E-state index is 13.2. The fraction of sp³-hybridized carbons (Fsp3) is 0.103. The number of carbonyl (C=O) groups is 2. The number of anilines is 2. The molecule has 0 unspecified atom stereocenters. The first-order chi connectivity index (χ1) is 17.9. The van der Waals surface area contributed by atoms with Crippen molar-refractivity contribution in [1.29, 1.82) is 0 Å².